The molecule has 0 saturated carbocycles. The zero-order valence-corrected chi connectivity index (χ0v) is 14.1. The molecule has 0 spiro atoms. The third-order valence-corrected chi connectivity index (χ3v) is 5.04. The first kappa shape index (κ1) is 16.1. The Kier molecular flexibility index (Phi) is 5.07. The number of aromatic nitrogens is 2. The van der Waals surface area contributed by atoms with Crippen LogP contribution in [0.5, 0.6) is 0 Å². The molecule has 124 valence electrons. The number of carbonyl (C=O) groups is 1. The van der Waals surface area contributed by atoms with E-state index in [1.54, 1.807) is 11.3 Å². The topological polar surface area (TPSA) is 85.2 Å². The van der Waals surface area contributed by atoms with Crippen molar-refractivity contribution in [1.82, 2.24) is 15.0 Å². The van der Waals surface area contributed by atoms with Crippen LogP contribution in [0.3, 0.4) is 0 Å². The maximum Gasteiger partial charge on any atom is 0.227 e. The lowest BCUT2D eigenvalue weighted by atomic mass is 9.92. The zero-order valence-electron chi connectivity index (χ0n) is 13.3. The molecular formula is C16H22N4O2S. The molecule has 23 heavy (non-hydrogen) atoms. The molecule has 7 heteroatoms. The van der Waals surface area contributed by atoms with Crippen LogP contribution in [0.1, 0.15) is 32.1 Å². The minimum absolute atomic E-state index is 0.134. The Bertz CT molecular complexity index is 638. The molecule has 0 aromatic carbocycles. The molecule has 1 aliphatic heterocycles. The minimum Gasteiger partial charge on any atom is -0.342 e. The van der Waals surface area contributed by atoms with E-state index in [4.69, 9.17) is 10.3 Å². The Morgan fingerprint density at radius 1 is 1.61 bits per heavy atom. The lowest BCUT2D eigenvalue weighted by Crippen LogP contribution is -2.45. The number of aryl methyl sites for hydroxylation is 1. The average Bonchev–Trinajstić information content (AvgIpc) is 3.23. The Morgan fingerprint density at radius 3 is 3.22 bits per heavy atom. The van der Waals surface area contributed by atoms with Gasteiger partial charge in [-0.05, 0) is 37.1 Å². The molecule has 3 rings (SSSR count). The third-order valence-electron chi connectivity index (χ3n) is 4.35. The monoisotopic (exact) mass is 334 g/mol. The molecule has 0 aliphatic carbocycles. The van der Waals surface area contributed by atoms with Gasteiger partial charge in [0, 0.05) is 42.9 Å². The summed E-state index contributed by atoms with van der Waals surface area (Å²) in [5.41, 5.74) is 6.92. The first-order chi connectivity index (χ1) is 11.1. The van der Waals surface area contributed by atoms with Crippen molar-refractivity contribution >= 4 is 17.2 Å². The fourth-order valence-corrected chi connectivity index (χ4v) is 3.54. The van der Waals surface area contributed by atoms with Gasteiger partial charge in [-0.3, -0.25) is 4.79 Å². The van der Waals surface area contributed by atoms with Gasteiger partial charge in [0.2, 0.25) is 17.6 Å². The van der Waals surface area contributed by atoms with Crippen molar-refractivity contribution in [2.24, 2.45) is 11.7 Å². The van der Waals surface area contributed by atoms with E-state index in [2.05, 4.69) is 10.1 Å². The molecule has 1 amide bonds. The summed E-state index contributed by atoms with van der Waals surface area (Å²) in [5.74, 6) is 1.65. The number of nitrogens with two attached hydrogens (primary N) is 1. The van der Waals surface area contributed by atoms with E-state index in [-0.39, 0.29) is 11.9 Å². The van der Waals surface area contributed by atoms with Gasteiger partial charge in [0.05, 0.1) is 0 Å². The SMILES string of the molecule is CC(N)C1CCCN(C(=O)CCc2nc(-c3ccsc3)no2)C1. The highest BCUT2D eigenvalue weighted by atomic mass is 32.1. The van der Waals surface area contributed by atoms with Crippen LogP contribution in [-0.4, -0.2) is 40.1 Å². The number of hydrogen-bond acceptors (Lipinski definition) is 6. The fraction of sp³-hybridized carbons (Fsp3) is 0.562. The number of likely N-dealkylation sites (tertiary alicyclic amines) is 1. The molecule has 1 saturated heterocycles. The minimum atomic E-state index is 0.134. The van der Waals surface area contributed by atoms with E-state index in [0.717, 1.165) is 31.5 Å². The zero-order chi connectivity index (χ0) is 16.2. The van der Waals surface area contributed by atoms with Gasteiger partial charge >= 0.3 is 0 Å². The molecule has 1 aliphatic rings. The van der Waals surface area contributed by atoms with Crippen LogP contribution >= 0.6 is 11.3 Å². The highest BCUT2D eigenvalue weighted by Gasteiger charge is 2.25. The first-order valence-corrected chi connectivity index (χ1v) is 8.96. The number of piperidine rings is 1. The van der Waals surface area contributed by atoms with Crippen molar-refractivity contribution in [3.8, 4) is 11.4 Å². The number of amides is 1. The van der Waals surface area contributed by atoms with Crippen LogP contribution < -0.4 is 5.73 Å². The highest BCUT2D eigenvalue weighted by molar-refractivity contribution is 7.08. The second-order valence-corrected chi connectivity index (χ2v) is 6.90. The molecule has 3 heterocycles. The summed E-state index contributed by atoms with van der Waals surface area (Å²) in [4.78, 5) is 18.6. The van der Waals surface area contributed by atoms with Crippen LogP contribution in [0.4, 0.5) is 0 Å². The molecule has 2 atom stereocenters. The summed E-state index contributed by atoms with van der Waals surface area (Å²) in [6.07, 6.45) is 3.02. The summed E-state index contributed by atoms with van der Waals surface area (Å²) in [7, 11) is 0. The van der Waals surface area contributed by atoms with Gasteiger partial charge in [0.25, 0.3) is 0 Å². The molecule has 1 fully saturated rings. The molecule has 2 aromatic heterocycles. The van der Waals surface area contributed by atoms with E-state index in [1.165, 1.54) is 0 Å². The van der Waals surface area contributed by atoms with Gasteiger partial charge in [-0.1, -0.05) is 5.16 Å². The highest BCUT2D eigenvalue weighted by Crippen LogP contribution is 2.21. The number of hydrogen-bond donors (Lipinski definition) is 1. The quantitative estimate of drug-likeness (QED) is 0.907. The molecule has 2 unspecified atom stereocenters. The molecule has 0 radical (unpaired) electrons. The molecule has 0 bridgehead atoms. The number of nitrogens with zero attached hydrogens (tertiary/aromatic N) is 3. The summed E-state index contributed by atoms with van der Waals surface area (Å²) >= 11 is 1.59. The molecule has 2 aromatic rings. The van der Waals surface area contributed by atoms with Crippen LogP contribution in [0.2, 0.25) is 0 Å². The van der Waals surface area contributed by atoms with Gasteiger partial charge in [0.15, 0.2) is 0 Å². The number of rotatable bonds is 5. The predicted molar refractivity (Wildman–Crippen MR) is 88.9 cm³/mol. The third kappa shape index (κ3) is 3.97. The Morgan fingerprint density at radius 2 is 2.48 bits per heavy atom. The van der Waals surface area contributed by atoms with Crippen molar-refractivity contribution in [3.63, 3.8) is 0 Å². The first-order valence-electron chi connectivity index (χ1n) is 8.02. The Balaban J connectivity index is 1.53. The van der Waals surface area contributed by atoms with Gasteiger partial charge in [-0.2, -0.15) is 16.3 Å². The summed E-state index contributed by atoms with van der Waals surface area (Å²) in [5, 5.41) is 7.91. The van der Waals surface area contributed by atoms with E-state index < -0.39 is 0 Å². The van der Waals surface area contributed by atoms with Gasteiger partial charge < -0.3 is 15.2 Å². The van der Waals surface area contributed by atoms with E-state index in [9.17, 15) is 4.79 Å². The summed E-state index contributed by atoms with van der Waals surface area (Å²) in [6, 6.07) is 2.08. The van der Waals surface area contributed by atoms with Crippen molar-refractivity contribution in [1.29, 1.82) is 0 Å². The summed E-state index contributed by atoms with van der Waals surface area (Å²) in [6.45, 7) is 3.61. The second-order valence-electron chi connectivity index (χ2n) is 6.12. The lowest BCUT2D eigenvalue weighted by molar-refractivity contribution is -0.133. The maximum atomic E-state index is 12.4. The van der Waals surface area contributed by atoms with E-state index in [1.807, 2.05) is 28.7 Å². The molecule has 2 N–H and O–H groups in total. The normalized spacial score (nSPS) is 19.7. The van der Waals surface area contributed by atoms with Crippen molar-refractivity contribution in [2.45, 2.75) is 38.6 Å². The van der Waals surface area contributed by atoms with Crippen LogP contribution in [-0.2, 0) is 11.2 Å². The average molecular weight is 334 g/mol. The largest absolute Gasteiger partial charge is 0.342 e. The van der Waals surface area contributed by atoms with Crippen molar-refractivity contribution in [2.75, 3.05) is 13.1 Å². The van der Waals surface area contributed by atoms with E-state index >= 15 is 0 Å². The van der Waals surface area contributed by atoms with Crippen LogP contribution in [0, 0.1) is 5.92 Å². The van der Waals surface area contributed by atoms with Gasteiger partial charge in [-0.15, -0.1) is 0 Å². The van der Waals surface area contributed by atoms with Crippen LogP contribution in [0.25, 0.3) is 11.4 Å². The maximum absolute atomic E-state index is 12.4. The van der Waals surface area contributed by atoms with Crippen molar-refractivity contribution < 1.29 is 9.32 Å². The fourth-order valence-electron chi connectivity index (χ4n) is 2.90. The standard InChI is InChI=1S/C16H22N4O2S/c1-11(17)12-3-2-7-20(9-12)15(21)5-4-14-18-16(19-22-14)13-6-8-23-10-13/h6,8,10-12H,2-5,7,9,17H2,1H3. The molecular weight excluding hydrogens is 312 g/mol. The number of carbonyl (C=O) groups excluding carboxylic acids is 1. The van der Waals surface area contributed by atoms with Crippen LogP contribution in [0.15, 0.2) is 21.3 Å². The summed E-state index contributed by atoms with van der Waals surface area (Å²) < 4.78 is 5.24. The molecule has 6 nitrogen and oxygen atoms in total. The number of thiophene rings is 1. The van der Waals surface area contributed by atoms with Crippen molar-refractivity contribution in [3.05, 3.63) is 22.7 Å². The predicted octanol–water partition coefficient (Wildman–Crippen LogP) is 2.32. The van der Waals surface area contributed by atoms with E-state index in [0.29, 0.717) is 30.5 Å². The van der Waals surface area contributed by atoms with Gasteiger partial charge in [0.1, 0.15) is 0 Å². The lowest BCUT2D eigenvalue weighted by Gasteiger charge is -2.34. The smallest absolute Gasteiger partial charge is 0.227 e. The van der Waals surface area contributed by atoms with Gasteiger partial charge in [-0.25, -0.2) is 0 Å². The Labute approximate surface area is 139 Å². The Hall–Kier alpha value is -1.73. The second kappa shape index (κ2) is 7.23.